The summed E-state index contributed by atoms with van der Waals surface area (Å²) < 4.78 is 5.24. The molecule has 2 atom stereocenters. The zero-order chi connectivity index (χ0) is 24.3. The Morgan fingerprint density at radius 2 is 1.97 bits per heavy atom. The number of tetrazole rings is 1. The van der Waals surface area contributed by atoms with Crippen LogP contribution in [0.25, 0.3) is 0 Å². The number of nitrogens with zero attached hydrogens (tertiary/aromatic N) is 4. The third kappa shape index (κ3) is 7.77. The second-order valence-corrected chi connectivity index (χ2v) is 9.88. The third-order valence-electron chi connectivity index (χ3n) is 4.95. The number of thiophene rings is 1. The van der Waals surface area contributed by atoms with Crippen LogP contribution in [0.5, 0.6) is 0 Å². The van der Waals surface area contributed by atoms with Gasteiger partial charge >= 0.3 is 5.97 Å². The molecule has 2 unspecified atom stereocenters. The van der Waals surface area contributed by atoms with Crippen LogP contribution in [0.15, 0.2) is 48.8 Å². The van der Waals surface area contributed by atoms with Gasteiger partial charge in [0, 0.05) is 28.3 Å². The molecule has 0 aliphatic carbocycles. The number of carbonyl (C=O) groups is 3. The Labute approximate surface area is 206 Å². The number of esters is 1. The van der Waals surface area contributed by atoms with Crippen molar-refractivity contribution < 1.29 is 19.1 Å². The van der Waals surface area contributed by atoms with Gasteiger partial charge in [-0.3, -0.25) is 9.59 Å². The number of hydrogen-bond donors (Lipinski definition) is 1. The molecule has 0 radical (unpaired) electrons. The molecule has 0 fully saturated rings. The molecule has 2 aromatic heterocycles. The molecule has 0 aliphatic rings. The third-order valence-corrected chi connectivity index (χ3v) is 7.06. The molecule has 2 heterocycles. The lowest BCUT2D eigenvalue weighted by atomic mass is 9.99. The summed E-state index contributed by atoms with van der Waals surface area (Å²) >= 11 is 2.49. The summed E-state index contributed by atoms with van der Waals surface area (Å²) in [6, 6.07) is 12.6. The van der Waals surface area contributed by atoms with Crippen LogP contribution in [0.1, 0.15) is 41.6 Å². The van der Waals surface area contributed by atoms with Crippen LogP contribution in [0, 0.1) is 5.92 Å². The van der Waals surface area contributed by atoms with Gasteiger partial charge < -0.3 is 10.1 Å². The van der Waals surface area contributed by atoms with Crippen LogP contribution in [0.3, 0.4) is 0 Å². The zero-order valence-electron chi connectivity index (χ0n) is 19.0. The first-order valence-electron chi connectivity index (χ1n) is 10.9. The van der Waals surface area contributed by atoms with Crippen LogP contribution in [0.2, 0.25) is 0 Å². The number of thioether (sulfide) groups is 1. The van der Waals surface area contributed by atoms with E-state index in [2.05, 4.69) is 20.7 Å². The average Bonchev–Trinajstić information content (AvgIpc) is 3.50. The van der Waals surface area contributed by atoms with Crippen molar-refractivity contribution in [2.45, 2.75) is 39.3 Å². The molecule has 0 aliphatic heterocycles. The molecular formula is C23H27N5O4S2. The number of aryl methyl sites for hydroxylation is 1. The van der Waals surface area contributed by atoms with Gasteiger partial charge in [-0.2, -0.15) is 4.80 Å². The largest absolute Gasteiger partial charge is 0.464 e. The second kappa shape index (κ2) is 13.0. The fraction of sp³-hybridized carbons (Fsp3) is 0.391. The number of nitrogens with one attached hydrogen (secondary N) is 1. The maximum Gasteiger partial charge on any atom is 0.334 e. The standard InChI is InChI=1S/C23H27N5O4S2/c1-3-32-23(31)21(20-12-11-19(34-20)13-28-25-15-24-27-28)26-22(30)18(14-33-16(2)29)10-9-17-7-5-4-6-8-17/h4-8,11-12,15,18,21H,3,9-10,13-14H2,1-2H3,(H,26,30). The lowest BCUT2D eigenvalue weighted by molar-refractivity contribution is -0.148. The van der Waals surface area contributed by atoms with Gasteiger partial charge in [0.05, 0.1) is 13.2 Å². The highest BCUT2D eigenvalue weighted by Crippen LogP contribution is 2.26. The van der Waals surface area contributed by atoms with Crippen LogP contribution < -0.4 is 5.32 Å². The van der Waals surface area contributed by atoms with Gasteiger partial charge in [0.1, 0.15) is 0 Å². The van der Waals surface area contributed by atoms with E-state index in [4.69, 9.17) is 4.74 Å². The quantitative estimate of drug-likeness (QED) is 0.377. The van der Waals surface area contributed by atoms with Crippen molar-refractivity contribution >= 4 is 40.1 Å². The van der Waals surface area contributed by atoms with Gasteiger partial charge in [0.25, 0.3) is 0 Å². The Morgan fingerprint density at radius 3 is 2.65 bits per heavy atom. The van der Waals surface area contributed by atoms with Crippen molar-refractivity contribution in [2.75, 3.05) is 12.4 Å². The highest BCUT2D eigenvalue weighted by molar-refractivity contribution is 8.13. The van der Waals surface area contributed by atoms with Crippen LogP contribution in [0.4, 0.5) is 0 Å². The molecule has 0 saturated carbocycles. The molecule has 11 heteroatoms. The Morgan fingerprint density at radius 1 is 1.18 bits per heavy atom. The molecule has 9 nitrogen and oxygen atoms in total. The normalized spacial score (nSPS) is 12.6. The number of amides is 1. The number of benzene rings is 1. The van der Waals surface area contributed by atoms with Crippen molar-refractivity contribution in [1.29, 1.82) is 0 Å². The summed E-state index contributed by atoms with van der Waals surface area (Å²) in [5, 5.41) is 14.4. The zero-order valence-corrected chi connectivity index (χ0v) is 20.7. The average molecular weight is 502 g/mol. The van der Waals surface area contributed by atoms with E-state index in [-0.39, 0.29) is 17.6 Å². The van der Waals surface area contributed by atoms with Crippen molar-refractivity contribution in [3.05, 3.63) is 64.1 Å². The van der Waals surface area contributed by atoms with Crippen molar-refractivity contribution in [1.82, 2.24) is 25.5 Å². The summed E-state index contributed by atoms with van der Waals surface area (Å²) in [5.41, 5.74) is 1.11. The van der Waals surface area contributed by atoms with Crippen molar-refractivity contribution in [3.63, 3.8) is 0 Å². The van der Waals surface area contributed by atoms with Gasteiger partial charge in [-0.1, -0.05) is 42.1 Å². The summed E-state index contributed by atoms with van der Waals surface area (Å²) in [5.74, 6) is -0.901. The highest BCUT2D eigenvalue weighted by atomic mass is 32.2. The van der Waals surface area contributed by atoms with E-state index >= 15 is 0 Å². The van der Waals surface area contributed by atoms with E-state index in [1.165, 1.54) is 29.4 Å². The van der Waals surface area contributed by atoms with E-state index in [9.17, 15) is 14.4 Å². The molecule has 0 bridgehead atoms. The summed E-state index contributed by atoms with van der Waals surface area (Å²) in [7, 11) is 0. The van der Waals surface area contributed by atoms with E-state index in [0.717, 1.165) is 22.2 Å². The predicted molar refractivity (Wildman–Crippen MR) is 130 cm³/mol. The van der Waals surface area contributed by atoms with Gasteiger partial charge in [-0.15, -0.1) is 21.5 Å². The minimum atomic E-state index is -0.934. The van der Waals surface area contributed by atoms with Gasteiger partial charge in [-0.05, 0) is 42.7 Å². The molecule has 1 aromatic carbocycles. The van der Waals surface area contributed by atoms with Gasteiger partial charge in [0.15, 0.2) is 17.5 Å². The number of aromatic nitrogens is 4. The molecule has 34 heavy (non-hydrogen) atoms. The number of carbonyl (C=O) groups excluding carboxylic acids is 3. The fourth-order valence-electron chi connectivity index (χ4n) is 3.26. The van der Waals surface area contributed by atoms with E-state index < -0.39 is 17.9 Å². The molecule has 1 amide bonds. The molecule has 180 valence electrons. The van der Waals surface area contributed by atoms with E-state index in [0.29, 0.717) is 30.0 Å². The summed E-state index contributed by atoms with van der Waals surface area (Å²) in [4.78, 5) is 40.6. The fourth-order valence-corrected chi connectivity index (χ4v) is 5.04. The molecular weight excluding hydrogens is 474 g/mol. The maximum absolute atomic E-state index is 13.3. The lowest BCUT2D eigenvalue weighted by Crippen LogP contribution is -2.39. The lowest BCUT2D eigenvalue weighted by Gasteiger charge is -2.21. The number of rotatable bonds is 12. The van der Waals surface area contributed by atoms with Crippen LogP contribution in [-0.4, -0.2) is 49.6 Å². The Bertz CT molecular complexity index is 1070. The number of hydrogen-bond acceptors (Lipinski definition) is 9. The van der Waals surface area contributed by atoms with E-state index in [1.54, 1.807) is 13.0 Å². The number of ether oxygens (including phenoxy) is 1. The molecule has 1 N–H and O–H groups in total. The molecule has 0 saturated heterocycles. The minimum absolute atomic E-state index is 0.0518. The Hall–Kier alpha value is -3.05. The van der Waals surface area contributed by atoms with Crippen molar-refractivity contribution in [3.8, 4) is 0 Å². The van der Waals surface area contributed by atoms with Crippen LogP contribution >= 0.6 is 23.1 Å². The maximum atomic E-state index is 13.3. The van der Waals surface area contributed by atoms with Gasteiger partial charge in [0.2, 0.25) is 5.91 Å². The SMILES string of the molecule is CCOC(=O)C(NC(=O)C(CCc1ccccc1)CSC(C)=O)c1ccc(Cn2ncnn2)s1. The van der Waals surface area contributed by atoms with Crippen molar-refractivity contribution in [2.24, 2.45) is 5.92 Å². The first-order valence-corrected chi connectivity index (χ1v) is 12.7. The van der Waals surface area contributed by atoms with Gasteiger partial charge in [-0.25, -0.2) is 4.79 Å². The summed E-state index contributed by atoms with van der Waals surface area (Å²) in [6.45, 7) is 3.81. The van der Waals surface area contributed by atoms with Crippen LogP contribution in [-0.2, 0) is 32.1 Å². The minimum Gasteiger partial charge on any atom is -0.464 e. The first-order chi connectivity index (χ1) is 16.5. The molecule has 3 rings (SSSR count). The molecule has 0 spiro atoms. The smallest absolute Gasteiger partial charge is 0.334 e. The highest BCUT2D eigenvalue weighted by Gasteiger charge is 2.29. The predicted octanol–water partition coefficient (Wildman–Crippen LogP) is 3.03. The Balaban J connectivity index is 1.73. The monoisotopic (exact) mass is 501 g/mol. The van der Waals surface area contributed by atoms with E-state index in [1.807, 2.05) is 36.4 Å². The Kier molecular flexibility index (Phi) is 9.77. The molecule has 3 aromatic rings. The summed E-state index contributed by atoms with van der Waals surface area (Å²) in [6.07, 6.45) is 2.60. The first kappa shape index (κ1) is 25.6. The topological polar surface area (TPSA) is 116 Å². The second-order valence-electron chi connectivity index (χ2n) is 7.49.